The van der Waals surface area contributed by atoms with Crippen LogP contribution in [-0.4, -0.2) is 36.3 Å². The highest BCUT2D eigenvalue weighted by Crippen LogP contribution is 2.23. The molecule has 0 bridgehead atoms. The molecular weight excluding hydrogens is 442 g/mol. The minimum atomic E-state index is -0.269. The third kappa shape index (κ3) is 5.93. The highest BCUT2D eigenvalue weighted by atomic mass is 16.5. The number of nitrogens with zero attached hydrogens (tertiary/aromatic N) is 2. The van der Waals surface area contributed by atoms with Gasteiger partial charge in [0.25, 0.3) is 5.91 Å². The van der Waals surface area contributed by atoms with Gasteiger partial charge in [0, 0.05) is 18.2 Å². The number of methoxy groups -OCH3 is 2. The minimum Gasteiger partial charge on any atom is -0.497 e. The maximum absolute atomic E-state index is 12.9. The standard InChI is InChI=1S/C28H31N3O4/c1-20(29-28(32)21-10-8-11-22(18-21)33-2)27-30-25-14-4-5-15-26(25)31(27)16-6-7-17-35-24-13-9-12-23(19-24)34-3/h4-5,8-15,18-20H,6-7,16-17H2,1-3H3,(H,29,32). The maximum Gasteiger partial charge on any atom is 0.251 e. The SMILES string of the molecule is COc1cccc(OCCCCn2c(C(C)NC(=O)c3cccc(OC)c3)nc3ccccc32)c1. The Labute approximate surface area is 205 Å². The van der Waals surface area contributed by atoms with E-state index in [4.69, 9.17) is 19.2 Å². The molecule has 0 aliphatic rings. The number of benzene rings is 3. The molecule has 1 N–H and O–H groups in total. The zero-order chi connectivity index (χ0) is 24.6. The largest absolute Gasteiger partial charge is 0.497 e. The Morgan fingerprint density at radius 2 is 1.63 bits per heavy atom. The molecule has 1 amide bonds. The van der Waals surface area contributed by atoms with Gasteiger partial charge in [-0.1, -0.05) is 24.3 Å². The lowest BCUT2D eigenvalue weighted by atomic mass is 10.2. The molecule has 0 aliphatic carbocycles. The van der Waals surface area contributed by atoms with Gasteiger partial charge >= 0.3 is 0 Å². The van der Waals surface area contributed by atoms with Gasteiger partial charge in [-0.3, -0.25) is 4.79 Å². The van der Waals surface area contributed by atoms with Gasteiger partial charge in [-0.15, -0.1) is 0 Å². The molecule has 0 radical (unpaired) electrons. The first kappa shape index (κ1) is 24.1. The Hall–Kier alpha value is -4.00. The molecule has 0 fully saturated rings. The van der Waals surface area contributed by atoms with Crippen molar-refractivity contribution in [2.75, 3.05) is 20.8 Å². The first-order valence-corrected chi connectivity index (χ1v) is 11.8. The number of hydrogen-bond acceptors (Lipinski definition) is 5. The Bertz CT molecular complexity index is 1280. The van der Waals surface area contributed by atoms with Crippen LogP contribution in [0.4, 0.5) is 0 Å². The number of fused-ring (bicyclic) bond motifs is 1. The van der Waals surface area contributed by atoms with E-state index in [1.807, 2.05) is 55.5 Å². The summed E-state index contributed by atoms with van der Waals surface area (Å²) < 4.78 is 18.6. The van der Waals surface area contributed by atoms with Crippen LogP contribution in [0.3, 0.4) is 0 Å². The van der Waals surface area contributed by atoms with Gasteiger partial charge in [-0.05, 0) is 62.2 Å². The summed E-state index contributed by atoms with van der Waals surface area (Å²) in [6, 6.07) is 22.5. The van der Waals surface area contributed by atoms with Crippen molar-refractivity contribution in [3.8, 4) is 17.2 Å². The number of unbranched alkanes of at least 4 members (excludes halogenated alkanes) is 1. The summed E-state index contributed by atoms with van der Waals surface area (Å²) in [5.41, 5.74) is 2.52. The van der Waals surface area contributed by atoms with Crippen molar-refractivity contribution in [3.05, 3.63) is 84.2 Å². The van der Waals surface area contributed by atoms with Gasteiger partial charge in [0.2, 0.25) is 0 Å². The fourth-order valence-electron chi connectivity index (χ4n) is 4.02. The average molecular weight is 474 g/mol. The molecule has 0 saturated heterocycles. The van der Waals surface area contributed by atoms with Gasteiger partial charge < -0.3 is 24.1 Å². The van der Waals surface area contributed by atoms with Gasteiger partial charge in [-0.2, -0.15) is 0 Å². The van der Waals surface area contributed by atoms with Gasteiger partial charge in [-0.25, -0.2) is 4.98 Å². The van der Waals surface area contributed by atoms with Crippen LogP contribution in [0.5, 0.6) is 17.2 Å². The number of ether oxygens (including phenoxy) is 3. The second-order valence-electron chi connectivity index (χ2n) is 8.27. The second-order valence-corrected chi connectivity index (χ2v) is 8.27. The number of rotatable bonds is 11. The van der Waals surface area contributed by atoms with E-state index in [9.17, 15) is 4.79 Å². The number of imidazole rings is 1. The van der Waals surface area contributed by atoms with Crippen molar-refractivity contribution in [2.24, 2.45) is 0 Å². The molecule has 0 saturated carbocycles. The zero-order valence-electron chi connectivity index (χ0n) is 20.4. The minimum absolute atomic E-state index is 0.165. The first-order chi connectivity index (χ1) is 17.1. The number of para-hydroxylation sites is 2. The number of aryl methyl sites for hydroxylation is 1. The molecule has 182 valence electrons. The van der Waals surface area contributed by atoms with Gasteiger partial charge in [0.15, 0.2) is 0 Å². The lowest BCUT2D eigenvalue weighted by molar-refractivity contribution is 0.0937. The smallest absolute Gasteiger partial charge is 0.251 e. The number of aromatic nitrogens is 2. The van der Waals surface area contributed by atoms with Gasteiger partial charge in [0.05, 0.1) is 37.9 Å². The number of nitrogens with one attached hydrogen (secondary N) is 1. The van der Waals surface area contributed by atoms with Crippen molar-refractivity contribution in [1.29, 1.82) is 0 Å². The highest BCUT2D eigenvalue weighted by Gasteiger charge is 2.19. The molecule has 1 unspecified atom stereocenters. The normalized spacial score (nSPS) is 11.7. The molecule has 0 aliphatic heterocycles. The van der Waals surface area contributed by atoms with Crippen molar-refractivity contribution >= 4 is 16.9 Å². The van der Waals surface area contributed by atoms with Crippen LogP contribution in [0.1, 0.15) is 42.0 Å². The summed E-state index contributed by atoms with van der Waals surface area (Å²) in [5, 5.41) is 3.08. The zero-order valence-corrected chi connectivity index (χ0v) is 20.4. The van der Waals surface area contributed by atoms with Crippen molar-refractivity contribution < 1.29 is 19.0 Å². The van der Waals surface area contributed by atoms with E-state index in [1.165, 1.54) is 0 Å². The van der Waals surface area contributed by atoms with Crippen molar-refractivity contribution in [1.82, 2.24) is 14.9 Å². The Balaban J connectivity index is 1.42. The number of hydrogen-bond donors (Lipinski definition) is 1. The van der Waals surface area contributed by atoms with Crippen LogP contribution < -0.4 is 19.5 Å². The van der Waals surface area contributed by atoms with E-state index in [0.717, 1.165) is 47.7 Å². The number of carbonyl (C=O) groups is 1. The van der Waals surface area contributed by atoms with E-state index in [2.05, 4.69) is 16.0 Å². The predicted octanol–water partition coefficient (Wildman–Crippen LogP) is 5.40. The number of carbonyl (C=O) groups excluding carboxylic acids is 1. The van der Waals surface area contributed by atoms with Crippen LogP contribution >= 0.6 is 0 Å². The van der Waals surface area contributed by atoms with Crippen LogP contribution in [0.2, 0.25) is 0 Å². The average Bonchev–Trinajstić information content (AvgIpc) is 3.27. The van der Waals surface area contributed by atoms with Crippen LogP contribution in [0.15, 0.2) is 72.8 Å². The molecule has 4 rings (SSSR count). The van der Waals surface area contributed by atoms with E-state index in [0.29, 0.717) is 17.9 Å². The van der Waals surface area contributed by atoms with Crippen LogP contribution in [-0.2, 0) is 6.54 Å². The monoisotopic (exact) mass is 473 g/mol. The van der Waals surface area contributed by atoms with Crippen LogP contribution in [0, 0.1) is 0 Å². The highest BCUT2D eigenvalue weighted by molar-refractivity contribution is 5.94. The van der Waals surface area contributed by atoms with E-state index in [1.54, 1.807) is 32.4 Å². The van der Waals surface area contributed by atoms with E-state index >= 15 is 0 Å². The summed E-state index contributed by atoms with van der Waals surface area (Å²) in [6.45, 7) is 3.34. The summed E-state index contributed by atoms with van der Waals surface area (Å²) in [6.07, 6.45) is 1.79. The van der Waals surface area contributed by atoms with E-state index < -0.39 is 0 Å². The second kappa shape index (κ2) is 11.4. The molecule has 3 aromatic carbocycles. The summed E-state index contributed by atoms with van der Waals surface area (Å²) >= 11 is 0. The van der Waals surface area contributed by atoms with Crippen molar-refractivity contribution in [3.63, 3.8) is 0 Å². The predicted molar refractivity (Wildman–Crippen MR) is 136 cm³/mol. The Morgan fingerprint density at radius 3 is 2.43 bits per heavy atom. The fraction of sp³-hybridized carbons (Fsp3) is 0.286. The quantitative estimate of drug-likeness (QED) is 0.295. The molecular formula is C28H31N3O4. The third-order valence-electron chi connectivity index (χ3n) is 5.84. The molecule has 35 heavy (non-hydrogen) atoms. The third-order valence-corrected chi connectivity index (χ3v) is 5.84. The molecule has 4 aromatic rings. The Morgan fingerprint density at radius 1 is 0.914 bits per heavy atom. The molecule has 1 aromatic heterocycles. The molecule has 1 heterocycles. The molecule has 0 spiro atoms. The summed E-state index contributed by atoms with van der Waals surface area (Å²) in [5.74, 6) is 2.89. The number of amides is 1. The topological polar surface area (TPSA) is 74.6 Å². The molecule has 7 heteroatoms. The fourth-order valence-corrected chi connectivity index (χ4v) is 4.02. The molecule has 7 nitrogen and oxygen atoms in total. The Kier molecular flexibility index (Phi) is 7.88. The lowest BCUT2D eigenvalue weighted by Gasteiger charge is -2.17. The first-order valence-electron chi connectivity index (χ1n) is 11.8. The van der Waals surface area contributed by atoms with Crippen molar-refractivity contribution in [2.45, 2.75) is 32.4 Å². The van der Waals surface area contributed by atoms with Gasteiger partial charge in [0.1, 0.15) is 23.1 Å². The summed E-state index contributed by atoms with van der Waals surface area (Å²) in [7, 11) is 3.23. The maximum atomic E-state index is 12.9. The lowest BCUT2D eigenvalue weighted by Crippen LogP contribution is -2.28. The summed E-state index contributed by atoms with van der Waals surface area (Å²) in [4.78, 5) is 17.7. The van der Waals surface area contributed by atoms with E-state index in [-0.39, 0.29) is 11.9 Å². The van der Waals surface area contributed by atoms with Crippen LogP contribution in [0.25, 0.3) is 11.0 Å². The molecule has 1 atom stereocenters.